The Hall–Kier alpha value is -4.29. The molecule has 0 atom stereocenters. The second kappa shape index (κ2) is 9.17. The van der Waals surface area contributed by atoms with Gasteiger partial charge in [-0.25, -0.2) is 0 Å². The molecule has 2 nitrogen and oxygen atoms in total. The zero-order valence-electron chi connectivity index (χ0n) is 21.0. The van der Waals surface area contributed by atoms with E-state index in [0.717, 1.165) is 33.5 Å². The Labute approximate surface area is 235 Å². The van der Waals surface area contributed by atoms with Crippen LogP contribution < -0.4 is 0 Å². The maximum atomic E-state index is 5.16. The predicted octanol–water partition coefficient (Wildman–Crippen LogP) is 9.15. The SMILES string of the molecule is c1ccc(-c2nc(-c3cc(-c4ccc5c(c4)[te]c4ccccc45)c4ccccc4c3)nc3ccccc23)cc1. The third-order valence-corrected chi connectivity index (χ3v) is 10.7. The molecule has 0 aliphatic rings. The van der Waals surface area contributed by atoms with Gasteiger partial charge >= 0.3 is 231 Å². The third kappa shape index (κ3) is 3.86. The molecule has 39 heavy (non-hydrogen) atoms. The minimum atomic E-state index is -0.388. The summed E-state index contributed by atoms with van der Waals surface area (Å²) < 4.78 is 3.05. The van der Waals surface area contributed by atoms with E-state index in [1.807, 2.05) is 12.1 Å². The molecule has 0 radical (unpaired) electrons. The van der Waals surface area contributed by atoms with Crippen LogP contribution in [0.4, 0.5) is 0 Å². The van der Waals surface area contributed by atoms with Gasteiger partial charge in [0.1, 0.15) is 0 Å². The predicted molar refractivity (Wildman–Crippen MR) is 165 cm³/mol. The van der Waals surface area contributed by atoms with Crippen LogP contribution in [0.25, 0.3) is 73.0 Å². The van der Waals surface area contributed by atoms with Crippen LogP contribution in [-0.4, -0.2) is 30.4 Å². The molecule has 0 bridgehead atoms. The molecule has 0 N–H and O–H groups in total. The van der Waals surface area contributed by atoms with Gasteiger partial charge in [0.25, 0.3) is 0 Å². The van der Waals surface area contributed by atoms with Crippen LogP contribution in [0.5, 0.6) is 0 Å². The van der Waals surface area contributed by atoms with E-state index >= 15 is 0 Å². The molecular formula is C36H22N2Te. The summed E-state index contributed by atoms with van der Waals surface area (Å²) in [6.45, 7) is 0. The Morgan fingerprint density at radius 3 is 2.05 bits per heavy atom. The minimum absolute atomic E-state index is 0.388. The van der Waals surface area contributed by atoms with E-state index in [2.05, 4.69) is 121 Å². The summed E-state index contributed by atoms with van der Waals surface area (Å²) in [6, 6.07) is 47.8. The van der Waals surface area contributed by atoms with Gasteiger partial charge in [-0.1, -0.05) is 6.07 Å². The van der Waals surface area contributed by atoms with Crippen molar-refractivity contribution in [2.45, 2.75) is 0 Å². The van der Waals surface area contributed by atoms with Gasteiger partial charge in [0.2, 0.25) is 0 Å². The van der Waals surface area contributed by atoms with Crippen molar-refractivity contribution < 1.29 is 0 Å². The molecule has 2 heterocycles. The van der Waals surface area contributed by atoms with Crippen molar-refractivity contribution in [3.05, 3.63) is 133 Å². The molecule has 8 aromatic rings. The number of nitrogens with zero attached hydrogens (tertiary/aromatic N) is 2. The zero-order chi connectivity index (χ0) is 25.8. The van der Waals surface area contributed by atoms with Crippen molar-refractivity contribution in [2.75, 3.05) is 0 Å². The molecule has 0 spiro atoms. The first-order valence-corrected chi connectivity index (χ1v) is 15.4. The van der Waals surface area contributed by atoms with Crippen molar-refractivity contribution in [3.63, 3.8) is 0 Å². The Balaban J connectivity index is 1.37. The number of para-hydroxylation sites is 1. The summed E-state index contributed by atoms with van der Waals surface area (Å²) in [5.41, 5.74) is 6.54. The van der Waals surface area contributed by atoms with E-state index in [1.165, 1.54) is 39.5 Å². The van der Waals surface area contributed by atoms with E-state index in [0.29, 0.717) is 0 Å². The Kier molecular flexibility index (Phi) is 5.33. The summed E-state index contributed by atoms with van der Waals surface area (Å²) in [7, 11) is 0. The third-order valence-electron chi connectivity index (χ3n) is 7.46. The number of hydrogen-bond donors (Lipinski definition) is 0. The van der Waals surface area contributed by atoms with Gasteiger partial charge in [0.15, 0.2) is 0 Å². The first kappa shape index (κ1) is 22.7. The maximum absolute atomic E-state index is 5.16. The quantitative estimate of drug-likeness (QED) is 0.187. The molecule has 0 unspecified atom stereocenters. The van der Waals surface area contributed by atoms with Gasteiger partial charge in [-0.05, 0) is 0 Å². The average molecular weight is 610 g/mol. The summed E-state index contributed by atoms with van der Waals surface area (Å²) >= 11 is -0.388. The molecule has 0 saturated carbocycles. The van der Waals surface area contributed by atoms with E-state index < -0.39 is 0 Å². The number of rotatable bonds is 3. The van der Waals surface area contributed by atoms with Crippen molar-refractivity contribution in [2.24, 2.45) is 0 Å². The van der Waals surface area contributed by atoms with Crippen LogP contribution in [0, 0.1) is 0 Å². The molecule has 0 aliphatic carbocycles. The first-order chi connectivity index (χ1) is 19.3. The van der Waals surface area contributed by atoms with Gasteiger partial charge in [-0.3, -0.25) is 0 Å². The molecule has 0 fully saturated rings. The molecule has 2 aromatic heterocycles. The van der Waals surface area contributed by atoms with Crippen molar-refractivity contribution in [1.29, 1.82) is 0 Å². The summed E-state index contributed by atoms with van der Waals surface area (Å²) in [4.78, 5) is 10.2. The molecule has 6 aromatic carbocycles. The van der Waals surface area contributed by atoms with Gasteiger partial charge in [-0.2, -0.15) is 0 Å². The molecule has 3 heteroatoms. The molecule has 8 rings (SSSR count). The fourth-order valence-electron chi connectivity index (χ4n) is 5.59. The fraction of sp³-hybridized carbons (Fsp3) is 0. The number of fused-ring (bicyclic) bond motifs is 5. The first-order valence-electron chi connectivity index (χ1n) is 13.1. The second-order valence-corrected chi connectivity index (χ2v) is 12.9. The fourth-order valence-corrected chi connectivity index (χ4v) is 8.86. The van der Waals surface area contributed by atoms with Crippen LogP contribution in [-0.2, 0) is 0 Å². The topological polar surface area (TPSA) is 25.8 Å². The Bertz CT molecular complexity index is 2180. The molecule has 182 valence electrons. The van der Waals surface area contributed by atoms with E-state index in [9.17, 15) is 0 Å². The van der Waals surface area contributed by atoms with E-state index in [1.54, 1.807) is 0 Å². The average Bonchev–Trinajstić information content (AvgIpc) is 3.38. The number of benzene rings is 6. The monoisotopic (exact) mass is 612 g/mol. The van der Waals surface area contributed by atoms with E-state index in [4.69, 9.17) is 9.97 Å². The Morgan fingerprint density at radius 2 is 1.15 bits per heavy atom. The molecule has 0 saturated heterocycles. The molecule has 0 amide bonds. The van der Waals surface area contributed by atoms with Gasteiger partial charge in [-0.15, -0.1) is 0 Å². The summed E-state index contributed by atoms with van der Waals surface area (Å²) in [5.74, 6) is 0.752. The van der Waals surface area contributed by atoms with Crippen molar-refractivity contribution in [3.8, 4) is 33.8 Å². The van der Waals surface area contributed by atoms with Gasteiger partial charge in [0.05, 0.1) is 0 Å². The van der Waals surface area contributed by atoms with Gasteiger partial charge < -0.3 is 0 Å². The Morgan fingerprint density at radius 1 is 0.436 bits per heavy atom. The van der Waals surface area contributed by atoms with E-state index in [-0.39, 0.29) is 20.4 Å². The summed E-state index contributed by atoms with van der Waals surface area (Å²) in [6.07, 6.45) is 0. The van der Waals surface area contributed by atoms with Crippen LogP contribution in [0.3, 0.4) is 0 Å². The normalized spacial score (nSPS) is 11.6. The van der Waals surface area contributed by atoms with Crippen LogP contribution in [0.15, 0.2) is 133 Å². The van der Waals surface area contributed by atoms with Crippen LogP contribution in [0.2, 0.25) is 0 Å². The van der Waals surface area contributed by atoms with Gasteiger partial charge in [0, 0.05) is 0 Å². The number of aromatic nitrogens is 2. The molecular weight excluding hydrogens is 588 g/mol. The van der Waals surface area contributed by atoms with Crippen LogP contribution >= 0.6 is 0 Å². The molecule has 0 aliphatic heterocycles. The zero-order valence-corrected chi connectivity index (χ0v) is 23.3. The van der Waals surface area contributed by atoms with Crippen LogP contribution in [0.1, 0.15) is 0 Å². The standard InChI is InChI=1S/C36H22N2Te/c1-2-10-23(11-3-1)35-30-15-6-8-16-32(30)37-36(38-35)26-20-24-12-4-5-13-27(24)31(21-26)25-18-19-29-28-14-7-9-17-33(28)39-34(29)22-25/h1-22H. The van der Waals surface area contributed by atoms with Crippen molar-refractivity contribution >= 4 is 59.7 Å². The number of hydrogen-bond acceptors (Lipinski definition) is 2. The second-order valence-electron chi connectivity index (χ2n) is 9.83. The van der Waals surface area contributed by atoms with Crippen molar-refractivity contribution in [1.82, 2.24) is 9.97 Å². The summed E-state index contributed by atoms with van der Waals surface area (Å²) in [5, 5.41) is 6.33.